The molecule has 0 aliphatic rings. The van der Waals surface area contributed by atoms with Crippen LogP contribution in [0.5, 0.6) is 0 Å². The minimum absolute atomic E-state index is 0.0972. The summed E-state index contributed by atoms with van der Waals surface area (Å²) in [5.41, 5.74) is 0. The van der Waals surface area contributed by atoms with Crippen molar-refractivity contribution in [2.24, 2.45) is 0 Å². The summed E-state index contributed by atoms with van der Waals surface area (Å²) in [6.07, 6.45) is 2.58. The van der Waals surface area contributed by atoms with Crippen LogP contribution >= 0.6 is 0 Å². The first-order chi connectivity index (χ1) is 5.26. The summed E-state index contributed by atoms with van der Waals surface area (Å²) in [4.78, 5) is 11.3. The van der Waals surface area contributed by atoms with Crippen molar-refractivity contribution < 1.29 is 4.79 Å². The Labute approximate surface area is 69.4 Å². The summed E-state index contributed by atoms with van der Waals surface area (Å²) in [7, 11) is 0. The van der Waals surface area contributed by atoms with Crippen LogP contribution in [0.4, 0.5) is 0 Å². The van der Waals surface area contributed by atoms with Gasteiger partial charge in [0.15, 0.2) is 0 Å². The van der Waals surface area contributed by atoms with Gasteiger partial charge in [-0.2, -0.15) is 0 Å². The molecule has 0 aliphatic heterocycles. The van der Waals surface area contributed by atoms with E-state index in [2.05, 4.69) is 5.32 Å². The molecule has 0 aliphatic carbocycles. The Morgan fingerprint density at radius 3 is 2.36 bits per heavy atom. The lowest BCUT2D eigenvalue weighted by atomic mass is 10.1. The maximum atomic E-state index is 11.3. The molecule has 0 aromatic carbocycles. The predicted molar refractivity (Wildman–Crippen MR) is 47.7 cm³/mol. The Balaban J connectivity index is 3.71. The fourth-order valence-corrected chi connectivity index (χ4v) is 1.15. The monoisotopic (exact) mass is 157 g/mol. The van der Waals surface area contributed by atoms with Gasteiger partial charge in [0.25, 0.3) is 0 Å². The minimum atomic E-state index is 0.0972. The molecule has 0 aromatic heterocycles. The van der Waals surface area contributed by atoms with Gasteiger partial charge in [-0.1, -0.05) is 20.8 Å². The van der Waals surface area contributed by atoms with Gasteiger partial charge in [0, 0.05) is 6.42 Å². The normalized spacial score (nSPS) is 13.0. The van der Waals surface area contributed by atoms with Gasteiger partial charge in [0.2, 0.25) is 0 Å². The second kappa shape index (κ2) is 6.35. The number of hydrogen-bond acceptors (Lipinski definition) is 2. The van der Waals surface area contributed by atoms with E-state index in [1.807, 2.05) is 20.8 Å². The molecule has 2 heteroatoms. The Bertz CT molecular complexity index is 112. The number of hydrogen-bond donors (Lipinski definition) is 1. The lowest BCUT2D eigenvalue weighted by Gasteiger charge is -2.13. The summed E-state index contributed by atoms with van der Waals surface area (Å²) in [5, 5.41) is 3.17. The Morgan fingerprint density at radius 2 is 2.00 bits per heavy atom. The third kappa shape index (κ3) is 4.14. The predicted octanol–water partition coefficient (Wildman–Crippen LogP) is 1.74. The third-order valence-corrected chi connectivity index (χ3v) is 1.74. The van der Waals surface area contributed by atoms with E-state index in [-0.39, 0.29) is 6.04 Å². The average Bonchev–Trinajstić information content (AvgIpc) is 2.00. The van der Waals surface area contributed by atoms with Gasteiger partial charge in [-0.3, -0.25) is 4.79 Å². The van der Waals surface area contributed by atoms with Crippen molar-refractivity contribution in [1.29, 1.82) is 0 Å². The van der Waals surface area contributed by atoms with Gasteiger partial charge >= 0.3 is 0 Å². The number of carbonyl (C=O) groups excluding carboxylic acids is 1. The van der Waals surface area contributed by atoms with Crippen LogP contribution < -0.4 is 5.32 Å². The molecule has 0 radical (unpaired) electrons. The molecule has 2 nitrogen and oxygen atoms in total. The SMILES string of the molecule is CCCC(=O)C(CC)NCC. The molecule has 0 bridgehead atoms. The van der Waals surface area contributed by atoms with Gasteiger partial charge in [0.05, 0.1) is 6.04 Å². The van der Waals surface area contributed by atoms with Crippen LogP contribution in [0.2, 0.25) is 0 Å². The van der Waals surface area contributed by atoms with Crippen LogP contribution in [-0.4, -0.2) is 18.4 Å². The summed E-state index contributed by atoms with van der Waals surface area (Å²) in [5.74, 6) is 0.358. The van der Waals surface area contributed by atoms with E-state index in [0.29, 0.717) is 12.2 Å². The van der Waals surface area contributed by atoms with E-state index >= 15 is 0 Å². The average molecular weight is 157 g/mol. The lowest BCUT2D eigenvalue weighted by molar-refractivity contribution is -0.121. The van der Waals surface area contributed by atoms with Crippen LogP contribution in [0, 0.1) is 0 Å². The quantitative estimate of drug-likeness (QED) is 0.636. The highest BCUT2D eigenvalue weighted by Gasteiger charge is 2.12. The number of Topliss-reactive ketones (excluding diaryl/α,β-unsaturated/α-hetero) is 1. The number of likely N-dealkylation sites (N-methyl/N-ethyl adjacent to an activating group) is 1. The molecule has 11 heavy (non-hydrogen) atoms. The highest BCUT2D eigenvalue weighted by Crippen LogP contribution is 1.98. The lowest BCUT2D eigenvalue weighted by Crippen LogP contribution is -2.35. The van der Waals surface area contributed by atoms with Crippen molar-refractivity contribution in [2.75, 3.05) is 6.54 Å². The van der Waals surface area contributed by atoms with Crippen molar-refractivity contribution in [1.82, 2.24) is 5.32 Å². The molecule has 0 aromatic rings. The Kier molecular flexibility index (Phi) is 6.13. The topological polar surface area (TPSA) is 29.1 Å². The first-order valence-electron chi connectivity index (χ1n) is 4.52. The smallest absolute Gasteiger partial charge is 0.149 e. The Morgan fingerprint density at radius 1 is 1.36 bits per heavy atom. The molecule has 0 heterocycles. The molecule has 0 fully saturated rings. The zero-order valence-electron chi connectivity index (χ0n) is 7.81. The maximum Gasteiger partial charge on any atom is 0.149 e. The van der Waals surface area contributed by atoms with E-state index in [9.17, 15) is 4.79 Å². The van der Waals surface area contributed by atoms with Gasteiger partial charge in [-0.05, 0) is 19.4 Å². The van der Waals surface area contributed by atoms with Gasteiger partial charge in [-0.15, -0.1) is 0 Å². The molecular weight excluding hydrogens is 138 g/mol. The number of nitrogens with one attached hydrogen (secondary N) is 1. The van der Waals surface area contributed by atoms with E-state index < -0.39 is 0 Å². The van der Waals surface area contributed by atoms with Gasteiger partial charge in [-0.25, -0.2) is 0 Å². The van der Waals surface area contributed by atoms with Crippen molar-refractivity contribution in [3.63, 3.8) is 0 Å². The number of carbonyl (C=O) groups is 1. The third-order valence-electron chi connectivity index (χ3n) is 1.74. The molecule has 0 saturated heterocycles. The van der Waals surface area contributed by atoms with Gasteiger partial charge < -0.3 is 5.32 Å². The first kappa shape index (κ1) is 10.6. The van der Waals surface area contributed by atoms with E-state index in [4.69, 9.17) is 0 Å². The fourth-order valence-electron chi connectivity index (χ4n) is 1.15. The number of rotatable bonds is 6. The van der Waals surface area contributed by atoms with Crippen LogP contribution in [0.3, 0.4) is 0 Å². The standard InChI is InChI=1S/C9H19NO/c1-4-7-9(11)8(5-2)10-6-3/h8,10H,4-7H2,1-3H3. The largest absolute Gasteiger partial charge is 0.308 e. The van der Waals surface area contributed by atoms with Crippen molar-refractivity contribution in [3.8, 4) is 0 Å². The summed E-state index contributed by atoms with van der Waals surface area (Å²) >= 11 is 0. The molecule has 0 amide bonds. The fraction of sp³-hybridized carbons (Fsp3) is 0.889. The van der Waals surface area contributed by atoms with Crippen molar-refractivity contribution in [2.45, 2.75) is 46.1 Å². The van der Waals surface area contributed by atoms with Crippen LogP contribution in [-0.2, 0) is 4.79 Å². The maximum absolute atomic E-state index is 11.3. The number of ketones is 1. The highest BCUT2D eigenvalue weighted by molar-refractivity contribution is 5.83. The van der Waals surface area contributed by atoms with Crippen LogP contribution in [0.1, 0.15) is 40.0 Å². The van der Waals surface area contributed by atoms with E-state index in [0.717, 1.165) is 19.4 Å². The molecular formula is C9H19NO. The zero-order chi connectivity index (χ0) is 8.69. The van der Waals surface area contributed by atoms with Crippen LogP contribution in [0.25, 0.3) is 0 Å². The second-order valence-electron chi connectivity index (χ2n) is 2.73. The van der Waals surface area contributed by atoms with E-state index in [1.54, 1.807) is 0 Å². The van der Waals surface area contributed by atoms with E-state index in [1.165, 1.54) is 0 Å². The molecule has 1 N–H and O–H groups in total. The zero-order valence-corrected chi connectivity index (χ0v) is 7.81. The Hall–Kier alpha value is -0.370. The molecule has 66 valence electrons. The first-order valence-corrected chi connectivity index (χ1v) is 4.52. The summed E-state index contributed by atoms with van der Waals surface area (Å²) < 4.78 is 0. The second-order valence-corrected chi connectivity index (χ2v) is 2.73. The summed E-state index contributed by atoms with van der Waals surface area (Å²) in [6, 6.07) is 0.0972. The van der Waals surface area contributed by atoms with Crippen LogP contribution in [0.15, 0.2) is 0 Å². The molecule has 0 rings (SSSR count). The minimum Gasteiger partial charge on any atom is -0.308 e. The molecule has 0 saturated carbocycles. The summed E-state index contributed by atoms with van der Waals surface area (Å²) in [6.45, 7) is 6.99. The molecule has 1 atom stereocenters. The molecule has 0 spiro atoms. The molecule has 1 unspecified atom stereocenters. The van der Waals surface area contributed by atoms with Crippen molar-refractivity contribution >= 4 is 5.78 Å². The van der Waals surface area contributed by atoms with Crippen molar-refractivity contribution in [3.05, 3.63) is 0 Å². The highest BCUT2D eigenvalue weighted by atomic mass is 16.1. The van der Waals surface area contributed by atoms with Gasteiger partial charge in [0.1, 0.15) is 5.78 Å².